The zero-order chi connectivity index (χ0) is 18.1. The summed E-state index contributed by atoms with van der Waals surface area (Å²) in [4.78, 5) is 22.7. The van der Waals surface area contributed by atoms with E-state index in [-0.39, 0.29) is 6.10 Å². The Kier molecular flexibility index (Phi) is 4.33. The first-order valence-electron chi connectivity index (χ1n) is 9.57. The van der Waals surface area contributed by atoms with E-state index in [4.69, 9.17) is 4.74 Å². The molecule has 5 rings (SSSR count). The standard InChI is InChI=1S/C19H23N7O/c1-2-6-20-16(5-1)24-7-9-25(10-8-24)18-17-19(22-13-21-18)26(14-23-17)12-15-4-3-11-27-15/h1-2,5-6,13-15H,3-4,7-12H2. The highest BCUT2D eigenvalue weighted by Crippen LogP contribution is 2.25. The lowest BCUT2D eigenvalue weighted by Crippen LogP contribution is -2.47. The van der Waals surface area contributed by atoms with Crippen LogP contribution in [0.5, 0.6) is 0 Å². The number of hydrogen-bond donors (Lipinski definition) is 0. The zero-order valence-corrected chi connectivity index (χ0v) is 15.2. The van der Waals surface area contributed by atoms with E-state index < -0.39 is 0 Å². The Balaban J connectivity index is 1.34. The van der Waals surface area contributed by atoms with Crippen molar-refractivity contribution < 1.29 is 4.74 Å². The number of piperazine rings is 1. The first kappa shape index (κ1) is 16.4. The SMILES string of the molecule is c1ccc(N2CCN(c3ncnc4c3ncn4CC3CCCO3)CC2)nc1. The van der Waals surface area contributed by atoms with Crippen molar-refractivity contribution in [1.29, 1.82) is 0 Å². The summed E-state index contributed by atoms with van der Waals surface area (Å²) in [5.41, 5.74) is 1.77. The maximum atomic E-state index is 5.76. The summed E-state index contributed by atoms with van der Waals surface area (Å²) in [6.45, 7) is 5.28. The highest BCUT2D eigenvalue weighted by molar-refractivity contribution is 5.83. The van der Waals surface area contributed by atoms with Gasteiger partial charge in [0, 0.05) is 39.0 Å². The van der Waals surface area contributed by atoms with Gasteiger partial charge in [0.15, 0.2) is 17.0 Å². The van der Waals surface area contributed by atoms with E-state index in [1.807, 2.05) is 24.7 Å². The summed E-state index contributed by atoms with van der Waals surface area (Å²) >= 11 is 0. The zero-order valence-electron chi connectivity index (χ0n) is 15.2. The number of nitrogens with zero attached hydrogens (tertiary/aromatic N) is 7. The van der Waals surface area contributed by atoms with Crippen LogP contribution in [-0.4, -0.2) is 63.4 Å². The molecule has 0 amide bonds. The minimum Gasteiger partial charge on any atom is -0.376 e. The van der Waals surface area contributed by atoms with Gasteiger partial charge >= 0.3 is 0 Å². The van der Waals surface area contributed by atoms with Gasteiger partial charge in [0.1, 0.15) is 12.1 Å². The maximum absolute atomic E-state index is 5.76. The number of aromatic nitrogens is 5. The van der Waals surface area contributed by atoms with Crippen LogP contribution in [0.2, 0.25) is 0 Å². The van der Waals surface area contributed by atoms with E-state index >= 15 is 0 Å². The fourth-order valence-electron chi connectivity index (χ4n) is 3.93. The summed E-state index contributed by atoms with van der Waals surface area (Å²) in [5.74, 6) is 1.96. The van der Waals surface area contributed by atoms with E-state index in [0.717, 1.165) is 75.0 Å². The van der Waals surface area contributed by atoms with Crippen LogP contribution in [-0.2, 0) is 11.3 Å². The Hall–Kier alpha value is -2.74. The summed E-state index contributed by atoms with van der Waals surface area (Å²) < 4.78 is 7.86. The molecule has 3 aromatic heterocycles. The number of pyridine rings is 1. The number of anilines is 2. The number of hydrogen-bond acceptors (Lipinski definition) is 7. The minimum absolute atomic E-state index is 0.266. The van der Waals surface area contributed by atoms with Gasteiger partial charge in [0.2, 0.25) is 0 Å². The van der Waals surface area contributed by atoms with Crippen LogP contribution >= 0.6 is 0 Å². The van der Waals surface area contributed by atoms with E-state index in [9.17, 15) is 0 Å². The lowest BCUT2D eigenvalue weighted by molar-refractivity contribution is 0.0978. The topological polar surface area (TPSA) is 72.2 Å². The van der Waals surface area contributed by atoms with Crippen LogP contribution in [0.3, 0.4) is 0 Å². The van der Waals surface area contributed by atoms with Crippen molar-refractivity contribution >= 4 is 22.8 Å². The second kappa shape index (κ2) is 7.11. The first-order chi connectivity index (χ1) is 13.4. The molecule has 27 heavy (non-hydrogen) atoms. The average molecular weight is 365 g/mol. The van der Waals surface area contributed by atoms with Crippen molar-refractivity contribution in [2.24, 2.45) is 0 Å². The molecule has 3 aromatic rings. The molecule has 2 aliphatic heterocycles. The van der Waals surface area contributed by atoms with Crippen LogP contribution in [0.25, 0.3) is 11.2 Å². The molecule has 2 aliphatic rings. The maximum Gasteiger partial charge on any atom is 0.165 e. The molecule has 0 radical (unpaired) electrons. The molecule has 1 atom stereocenters. The Morgan fingerprint density at radius 3 is 2.67 bits per heavy atom. The molecule has 0 spiro atoms. The van der Waals surface area contributed by atoms with Gasteiger partial charge in [-0.25, -0.2) is 19.9 Å². The highest BCUT2D eigenvalue weighted by atomic mass is 16.5. The molecule has 140 valence electrons. The summed E-state index contributed by atoms with van der Waals surface area (Å²) in [6.07, 6.45) is 7.87. The van der Waals surface area contributed by atoms with Crippen molar-refractivity contribution in [2.45, 2.75) is 25.5 Å². The normalized spacial score (nSPS) is 20.5. The van der Waals surface area contributed by atoms with Crippen LogP contribution in [0, 0.1) is 0 Å². The minimum atomic E-state index is 0.266. The molecule has 2 saturated heterocycles. The fraction of sp³-hybridized carbons (Fsp3) is 0.474. The van der Waals surface area contributed by atoms with Gasteiger partial charge in [-0.2, -0.15) is 0 Å². The van der Waals surface area contributed by atoms with Gasteiger partial charge in [-0.3, -0.25) is 0 Å². The van der Waals surface area contributed by atoms with Gasteiger partial charge in [-0.1, -0.05) is 6.07 Å². The third kappa shape index (κ3) is 3.21. The molecule has 1 unspecified atom stereocenters. The van der Waals surface area contributed by atoms with Crippen molar-refractivity contribution in [3.8, 4) is 0 Å². The molecule has 2 fully saturated rings. The summed E-state index contributed by atoms with van der Waals surface area (Å²) in [5, 5.41) is 0. The smallest absolute Gasteiger partial charge is 0.165 e. The second-order valence-corrected chi connectivity index (χ2v) is 7.06. The number of imidazole rings is 1. The Morgan fingerprint density at radius 1 is 1.00 bits per heavy atom. The molecule has 0 bridgehead atoms. The molecule has 0 N–H and O–H groups in total. The molecule has 8 nitrogen and oxygen atoms in total. The van der Waals surface area contributed by atoms with Gasteiger partial charge in [0.05, 0.1) is 19.0 Å². The van der Waals surface area contributed by atoms with Crippen LogP contribution < -0.4 is 9.80 Å². The fourth-order valence-corrected chi connectivity index (χ4v) is 3.93. The van der Waals surface area contributed by atoms with Crippen LogP contribution in [0.15, 0.2) is 37.1 Å². The largest absolute Gasteiger partial charge is 0.376 e. The molecule has 0 saturated carbocycles. The van der Waals surface area contributed by atoms with Crippen molar-refractivity contribution in [2.75, 3.05) is 42.6 Å². The number of rotatable bonds is 4. The predicted molar refractivity (Wildman–Crippen MR) is 103 cm³/mol. The summed E-state index contributed by atoms with van der Waals surface area (Å²) in [6, 6.07) is 6.04. The van der Waals surface area contributed by atoms with Crippen molar-refractivity contribution in [3.05, 3.63) is 37.1 Å². The quantitative estimate of drug-likeness (QED) is 0.697. The molecular weight excluding hydrogens is 342 g/mol. The van der Waals surface area contributed by atoms with Crippen LogP contribution in [0.4, 0.5) is 11.6 Å². The van der Waals surface area contributed by atoms with Crippen molar-refractivity contribution in [3.63, 3.8) is 0 Å². The van der Waals surface area contributed by atoms with E-state index in [2.05, 4.69) is 40.4 Å². The van der Waals surface area contributed by atoms with E-state index in [0.29, 0.717) is 0 Å². The Bertz CT molecular complexity index is 899. The monoisotopic (exact) mass is 365 g/mol. The lowest BCUT2D eigenvalue weighted by atomic mass is 10.2. The third-order valence-electron chi connectivity index (χ3n) is 5.36. The second-order valence-electron chi connectivity index (χ2n) is 7.06. The van der Waals surface area contributed by atoms with E-state index in [1.165, 1.54) is 0 Å². The van der Waals surface area contributed by atoms with Gasteiger partial charge < -0.3 is 19.1 Å². The first-order valence-corrected chi connectivity index (χ1v) is 9.57. The lowest BCUT2D eigenvalue weighted by Gasteiger charge is -2.35. The predicted octanol–water partition coefficient (Wildman–Crippen LogP) is 1.73. The molecule has 0 aromatic carbocycles. The van der Waals surface area contributed by atoms with Gasteiger partial charge in [-0.15, -0.1) is 0 Å². The molecule has 8 heteroatoms. The number of fused-ring (bicyclic) bond motifs is 1. The number of ether oxygens (including phenoxy) is 1. The van der Waals surface area contributed by atoms with Crippen molar-refractivity contribution in [1.82, 2.24) is 24.5 Å². The summed E-state index contributed by atoms with van der Waals surface area (Å²) in [7, 11) is 0. The molecular formula is C19H23N7O. The molecule has 0 aliphatic carbocycles. The molecule has 5 heterocycles. The highest BCUT2D eigenvalue weighted by Gasteiger charge is 2.23. The Morgan fingerprint density at radius 2 is 1.89 bits per heavy atom. The Labute approximate surface area is 157 Å². The third-order valence-corrected chi connectivity index (χ3v) is 5.36. The average Bonchev–Trinajstić information content (AvgIpc) is 3.39. The van der Waals surface area contributed by atoms with Gasteiger partial charge in [-0.05, 0) is 25.0 Å². The van der Waals surface area contributed by atoms with E-state index in [1.54, 1.807) is 6.33 Å². The van der Waals surface area contributed by atoms with Gasteiger partial charge in [0.25, 0.3) is 0 Å². The van der Waals surface area contributed by atoms with Crippen LogP contribution in [0.1, 0.15) is 12.8 Å².